The molecule has 0 aliphatic carbocycles. The van der Waals surface area contributed by atoms with Crippen LogP contribution in [0.1, 0.15) is 17.5 Å². The van der Waals surface area contributed by atoms with Gasteiger partial charge in [-0.05, 0) is 54.7 Å². The van der Waals surface area contributed by atoms with Crippen molar-refractivity contribution in [1.82, 2.24) is 4.90 Å². The lowest BCUT2D eigenvalue weighted by atomic mass is 9.84. The standard InChI is InChI=1S/C22H18Cl2N4O3/c23-15-7-16(24)9-17(8-15)28-21(30)19-6-14(11-27(19)22(28)31)18(20(26)29)5-12-1-3-13(10-25)4-2-12/h1-4,7-9,14,18-19H,5-6,11H2,(H2,26,29)/t14-,18?,19+/m1/s1. The molecule has 2 aliphatic heterocycles. The Morgan fingerprint density at radius 3 is 2.35 bits per heavy atom. The third-order valence-electron chi connectivity index (χ3n) is 5.85. The fourth-order valence-corrected chi connectivity index (χ4v) is 4.87. The number of rotatable bonds is 5. The minimum Gasteiger partial charge on any atom is -0.369 e. The lowest BCUT2D eigenvalue weighted by molar-refractivity contribution is -0.123. The smallest absolute Gasteiger partial charge is 0.332 e. The van der Waals surface area contributed by atoms with Crippen molar-refractivity contribution in [3.8, 4) is 6.07 Å². The van der Waals surface area contributed by atoms with E-state index in [9.17, 15) is 14.4 Å². The number of nitrogens with zero attached hydrogens (tertiary/aromatic N) is 3. The molecule has 7 nitrogen and oxygen atoms in total. The number of nitriles is 1. The highest BCUT2D eigenvalue weighted by molar-refractivity contribution is 6.35. The maximum absolute atomic E-state index is 13.0. The molecule has 0 radical (unpaired) electrons. The first-order valence-corrected chi connectivity index (χ1v) is 10.4. The van der Waals surface area contributed by atoms with Crippen LogP contribution in [0.5, 0.6) is 0 Å². The molecule has 4 amide bonds. The molecule has 2 N–H and O–H groups in total. The number of benzene rings is 2. The number of urea groups is 1. The zero-order valence-corrected chi connectivity index (χ0v) is 17.8. The first-order valence-electron chi connectivity index (χ1n) is 9.67. The second-order valence-corrected chi connectivity index (χ2v) is 8.64. The summed E-state index contributed by atoms with van der Waals surface area (Å²) < 4.78 is 0. The van der Waals surface area contributed by atoms with E-state index in [1.54, 1.807) is 24.3 Å². The molecule has 2 heterocycles. The average molecular weight is 457 g/mol. The van der Waals surface area contributed by atoms with Crippen LogP contribution in [0.2, 0.25) is 10.0 Å². The average Bonchev–Trinajstić information content (AvgIpc) is 3.25. The largest absolute Gasteiger partial charge is 0.369 e. The lowest BCUT2D eigenvalue weighted by Crippen LogP contribution is -2.38. The van der Waals surface area contributed by atoms with E-state index in [1.165, 1.54) is 23.1 Å². The Morgan fingerprint density at radius 1 is 1.16 bits per heavy atom. The summed E-state index contributed by atoms with van der Waals surface area (Å²) in [7, 11) is 0. The number of anilines is 1. The number of fused-ring (bicyclic) bond motifs is 1. The molecule has 0 aromatic heterocycles. The maximum Gasteiger partial charge on any atom is 0.332 e. The van der Waals surface area contributed by atoms with Crippen LogP contribution in [0.15, 0.2) is 42.5 Å². The summed E-state index contributed by atoms with van der Waals surface area (Å²) in [5, 5.41) is 9.58. The second kappa shape index (κ2) is 8.22. The van der Waals surface area contributed by atoms with Crippen LogP contribution in [0.25, 0.3) is 0 Å². The molecule has 9 heteroatoms. The Kier molecular flexibility index (Phi) is 5.61. The van der Waals surface area contributed by atoms with Gasteiger partial charge in [0.1, 0.15) is 6.04 Å². The van der Waals surface area contributed by atoms with Gasteiger partial charge in [0, 0.05) is 22.5 Å². The predicted octanol–water partition coefficient (Wildman–Crippen LogP) is 3.37. The molecule has 1 unspecified atom stereocenters. The van der Waals surface area contributed by atoms with Gasteiger partial charge in [0.15, 0.2) is 0 Å². The van der Waals surface area contributed by atoms with E-state index in [1.807, 2.05) is 0 Å². The zero-order chi connectivity index (χ0) is 22.3. The Balaban J connectivity index is 1.53. The molecule has 2 fully saturated rings. The van der Waals surface area contributed by atoms with E-state index in [2.05, 4.69) is 6.07 Å². The van der Waals surface area contributed by atoms with E-state index in [4.69, 9.17) is 34.2 Å². The van der Waals surface area contributed by atoms with Crippen molar-refractivity contribution in [2.75, 3.05) is 11.4 Å². The van der Waals surface area contributed by atoms with Gasteiger partial charge in [0.25, 0.3) is 5.91 Å². The SMILES string of the molecule is N#Cc1ccc(CC(C(N)=O)[C@@H]2C[C@H]3C(=O)N(c4cc(Cl)cc(Cl)c4)C(=O)N3C2)cc1. The van der Waals surface area contributed by atoms with Crippen LogP contribution < -0.4 is 10.6 Å². The number of hydrogen-bond donors (Lipinski definition) is 1. The molecule has 158 valence electrons. The quantitative estimate of drug-likeness (QED) is 0.695. The Bertz CT molecular complexity index is 1070. The van der Waals surface area contributed by atoms with Crippen LogP contribution in [-0.2, 0) is 16.0 Å². The number of carbonyl (C=O) groups is 3. The van der Waals surface area contributed by atoms with Gasteiger partial charge in [-0.3, -0.25) is 9.59 Å². The summed E-state index contributed by atoms with van der Waals surface area (Å²) in [6, 6.07) is 12.4. The Morgan fingerprint density at radius 2 is 1.81 bits per heavy atom. The zero-order valence-electron chi connectivity index (χ0n) is 16.3. The Hall–Kier alpha value is -3.08. The van der Waals surface area contributed by atoms with Crippen molar-refractivity contribution in [3.63, 3.8) is 0 Å². The van der Waals surface area contributed by atoms with Crippen molar-refractivity contribution in [2.24, 2.45) is 17.6 Å². The first-order chi connectivity index (χ1) is 14.8. The van der Waals surface area contributed by atoms with Crippen molar-refractivity contribution >= 4 is 46.7 Å². The van der Waals surface area contributed by atoms with Gasteiger partial charge in [-0.2, -0.15) is 5.26 Å². The van der Waals surface area contributed by atoms with Crippen molar-refractivity contribution in [2.45, 2.75) is 18.9 Å². The van der Waals surface area contributed by atoms with Crippen LogP contribution in [0, 0.1) is 23.2 Å². The molecule has 3 atom stereocenters. The second-order valence-electron chi connectivity index (χ2n) is 7.77. The number of amides is 4. The molecular formula is C22H18Cl2N4O3. The summed E-state index contributed by atoms with van der Waals surface area (Å²) in [6.45, 7) is 0.254. The van der Waals surface area contributed by atoms with Crippen molar-refractivity contribution in [3.05, 3.63) is 63.6 Å². The predicted molar refractivity (Wildman–Crippen MR) is 115 cm³/mol. The summed E-state index contributed by atoms with van der Waals surface area (Å²) in [5.74, 6) is -1.62. The van der Waals surface area contributed by atoms with Crippen LogP contribution >= 0.6 is 23.2 Å². The molecule has 0 spiro atoms. The number of primary amides is 1. The molecular weight excluding hydrogens is 439 g/mol. The number of hydrogen-bond acceptors (Lipinski definition) is 4. The maximum atomic E-state index is 13.0. The number of halogens is 2. The van der Waals surface area contributed by atoms with Gasteiger partial charge >= 0.3 is 6.03 Å². The van der Waals surface area contributed by atoms with Gasteiger partial charge in [-0.1, -0.05) is 35.3 Å². The van der Waals surface area contributed by atoms with Crippen LogP contribution in [0.3, 0.4) is 0 Å². The molecule has 2 saturated heterocycles. The molecule has 0 bridgehead atoms. The third-order valence-corrected chi connectivity index (χ3v) is 6.29. The van der Waals surface area contributed by atoms with Crippen molar-refractivity contribution in [1.29, 1.82) is 5.26 Å². The monoisotopic (exact) mass is 456 g/mol. The highest BCUT2D eigenvalue weighted by atomic mass is 35.5. The van der Waals surface area contributed by atoms with Crippen LogP contribution in [0.4, 0.5) is 10.5 Å². The van der Waals surface area contributed by atoms with Crippen LogP contribution in [-0.4, -0.2) is 35.3 Å². The van der Waals surface area contributed by atoms with E-state index in [-0.39, 0.29) is 18.4 Å². The minimum absolute atomic E-state index is 0.240. The summed E-state index contributed by atoms with van der Waals surface area (Å²) in [4.78, 5) is 40.8. The number of carbonyl (C=O) groups excluding carboxylic acids is 3. The Labute approximate surface area is 188 Å². The highest BCUT2D eigenvalue weighted by Gasteiger charge is 2.53. The topological polar surface area (TPSA) is 107 Å². The van der Waals surface area contributed by atoms with E-state index in [0.29, 0.717) is 34.1 Å². The van der Waals surface area contributed by atoms with E-state index < -0.39 is 23.9 Å². The number of nitrogens with two attached hydrogens (primary N) is 1. The van der Waals surface area contributed by atoms with Gasteiger partial charge in [-0.25, -0.2) is 9.69 Å². The molecule has 2 aromatic rings. The molecule has 4 rings (SSSR count). The summed E-state index contributed by atoms with van der Waals surface area (Å²) in [5.41, 5.74) is 7.38. The molecule has 2 aliphatic rings. The highest BCUT2D eigenvalue weighted by Crippen LogP contribution is 2.39. The minimum atomic E-state index is -0.655. The normalized spacial score (nSPS) is 21.2. The van der Waals surface area contributed by atoms with Gasteiger partial charge < -0.3 is 10.6 Å². The number of imide groups is 1. The molecule has 0 saturated carbocycles. The van der Waals surface area contributed by atoms with Gasteiger partial charge in [0.2, 0.25) is 5.91 Å². The third kappa shape index (κ3) is 3.97. The van der Waals surface area contributed by atoms with Gasteiger partial charge in [0.05, 0.1) is 17.3 Å². The van der Waals surface area contributed by atoms with Gasteiger partial charge in [-0.15, -0.1) is 0 Å². The molecule has 2 aromatic carbocycles. The first kappa shape index (κ1) is 21.2. The lowest BCUT2D eigenvalue weighted by Gasteiger charge is -2.23. The fourth-order valence-electron chi connectivity index (χ4n) is 4.35. The summed E-state index contributed by atoms with van der Waals surface area (Å²) >= 11 is 12.0. The summed E-state index contributed by atoms with van der Waals surface area (Å²) in [6.07, 6.45) is 0.724. The van der Waals surface area contributed by atoms with E-state index >= 15 is 0 Å². The fraction of sp³-hybridized carbons (Fsp3) is 0.273. The van der Waals surface area contributed by atoms with E-state index in [0.717, 1.165) is 10.5 Å². The van der Waals surface area contributed by atoms with Crippen molar-refractivity contribution < 1.29 is 14.4 Å². The molecule has 31 heavy (non-hydrogen) atoms.